The van der Waals surface area contributed by atoms with Crippen molar-refractivity contribution in [3.63, 3.8) is 0 Å². The lowest BCUT2D eigenvalue weighted by Crippen LogP contribution is -2.22. The van der Waals surface area contributed by atoms with E-state index in [9.17, 15) is 22.8 Å². The Morgan fingerprint density at radius 2 is 1.62 bits per heavy atom. The summed E-state index contributed by atoms with van der Waals surface area (Å²) in [5.74, 6) is 0.458. The van der Waals surface area contributed by atoms with Gasteiger partial charge in [0.05, 0.1) is 31.9 Å². The van der Waals surface area contributed by atoms with E-state index in [4.69, 9.17) is 9.47 Å². The van der Waals surface area contributed by atoms with Crippen molar-refractivity contribution in [3.05, 3.63) is 55.7 Å². The summed E-state index contributed by atoms with van der Waals surface area (Å²) in [6.45, 7) is 7.02. The smallest absolute Gasteiger partial charge is 0.416 e. The van der Waals surface area contributed by atoms with Gasteiger partial charge in [-0.15, -0.1) is 0 Å². The van der Waals surface area contributed by atoms with Crippen LogP contribution in [0.5, 0.6) is 0 Å². The monoisotopic (exact) mass is 676 g/mol. The van der Waals surface area contributed by atoms with Gasteiger partial charge in [0.25, 0.3) is 0 Å². The Labute approximate surface area is 238 Å². The highest BCUT2D eigenvalue weighted by Crippen LogP contribution is 2.34. The number of aromatic nitrogens is 4. The average molecular weight is 678 g/mol. The topological polar surface area (TPSA) is 104 Å². The first-order valence-corrected chi connectivity index (χ1v) is 13.7. The number of ether oxygens (including phenoxy) is 2. The van der Waals surface area contributed by atoms with Gasteiger partial charge in [-0.2, -0.15) is 23.4 Å². The molecule has 3 aromatic rings. The fourth-order valence-corrected chi connectivity index (χ4v) is 5.33. The molecule has 1 N–H and O–H groups in total. The second-order valence-electron chi connectivity index (χ2n) is 8.44. The van der Waals surface area contributed by atoms with Crippen LogP contribution in [0.4, 0.5) is 24.8 Å². The molecule has 5 rings (SSSR count). The first kappa shape index (κ1) is 28.9. The third-order valence-corrected chi connectivity index (χ3v) is 6.99. The van der Waals surface area contributed by atoms with Crippen LogP contribution in [0.3, 0.4) is 0 Å². The predicted octanol–water partition coefficient (Wildman–Crippen LogP) is 5.11. The van der Waals surface area contributed by atoms with Crippen LogP contribution in [0.1, 0.15) is 45.7 Å². The van der Waals surface area contributed by atoms with Crippen molar-refractivity contribution in [2.75, 3.05) is 36.5 Å². The number of halogens is 5. The van der Waals surface area contributed by atoms with Gasteiger partial charge in [0.1, 0.15) is 32.0 Å². The van der Waals surface area contributed by atoms with Crippen molar-refractivity contribution in [2.24, 2.45) is 0 Å². The summed E-state index contributed by atoms with van der Waals surface area (Å²) in [4.78, 5) is 25.6. The molecule has 1 aromatic carbocycles. The normalized spacial score (nSPS) is 13.8. The van der Waals surface area contributed by atoms with Crippen LogP contribution >= 0.6 is 31.9 Å². The van der Waals surface area contributed by atoms with Gasteiger partial charge < -0.3 is 19.7 Å². The maximum atomic E-state index is 12.9. The Kier molecular flexibility index (Phi) is 8.89. The van der Waals surface area contributed by atoms with E-state index in [1.54, 1.807) is 29.3 Å². The summed E-state index contributed by atoms with van der Waals surface area (Å²) in [5, 5.41) is 11.5. The van der Waals surface area contributed by atoms with E-state index in [-0.39, 0.29) is 19.1 Å². The van der Waals surface area contributed by atoms with Crippen molar-refractivity contribution in [1.29, 1.82) is 0 Å². The molecule has 0 saturated carbocycles. The molecule has 39 heavy (non-hydrogen) atoms. The molecule has 0 saturated heterocycles. The lowest BCUT2D eigenvalue weighted by Gasteiger charge is -2.19. The maximum Gasteiger partial charge on any atom is 0.416 e. The second kappa shape index (κ2) is 12.0. The molecule has 0 spiro atoms. The molecule has 10 nitrogen and oxygen atoms in total. The van der Waals surface area contributed by atoms with Crippen molar-refractivity contribution < 1.29 is 32.2 Å². The fourth-order valence-electron chi connectivity index (χ4n) is 4.26. The number of fused-ring (bicyclic) bond motifs is 2. The maximum absolute atomic E-state index is 12.9. The zero-order chi connectivity index (χ0) is 28.3. The summed E-state index contributed by atoms with van der Waals surface area (Å²) < 4.78 is 53.0. The minimum absolute atomic E-state index is 0.226. The van der Waals surface area contributed by atoms with Crippen LogP contribution in [0.15, 0.2) is 33.5 Å². The minimum atomic E-state index is -4.39. The molecular formula is C24H25Br2F3N6O4. The van der Waals surface area contributed by atoms with E-state index < -0.39 is 17.7 Å². The number of nitrogens with zero attached hydrogens (tertiary/aromatic N) is 5. The molecular weight excluding hydrogens is 653 g/mol. The largest absolute Gasteiger partial charge is 0.462 e. The number of hydrogen-bond acceptors (Lipinski definition) is 8. The van der Waals surface area contributed by atoms with Gasteiger partial charge >= 0.3 is 18.1 Å². The van der Waals surface area contributed by atoms with E-state index in [0.29, 0.717) is 51.4 Å². The number of alkyl halides is 3. The zero-order valence-electron chi connectivity index (χ0n) is 21.0. The molecule has 0 bridgehead atoms. The number of carbonyl (C=O) groups is 2. The van der Waals surface area contributed by atoms with Crippen LogP contribution in [0.2, 0.25) is 0 Å². The number of anilines is 2. The second-order valence-corrected chi connectivity index (χ2v) is 9.94. The Morgan fingerprint density at radius 3 is 2.28 bits per heavy atom. The summed E-state index contributed by atoms with van der Waals surface area (Å²) in [5.41, 5.74) is 0.607. The number of benzene rings is 1. The number of hydrogen-bond donors (Lipinski definition) is 1. The molecule has 0 fully saturated rings. The highest BCUT2D eigenvalue weighted by atomic mass is 79.9. The average Bonchev–Trinajstić information content (AvgIpc) is 3.61. The van der Waals surface area contributed by atoms with E-state index >= 15 is 0 Å². The van der Waals surface area contributed by atoms with E-state index in [0.717, 1.165) is 31.0 Å². The number of rotatable bonds is 6. The molecule has 0 aliphatic carbocycles. The predicted molar refractivity (Wildman–Crippen MR) is 143 cm³/mol. The molecule has 0 amide bonds. The fraction of sp³-hybridized carbons (Fsp3) is 0.417. The molecule has 15 heteroatoms. The van der Waals surface area contributed by atoms with Crippen LogP contribution < -0.4 is 10.2 Å². The van der Waals surface area contributed by atoms with Crippen LogP contribution in [0.25, 0.3) is 0 Å². The summed E-state index contributed by atoms with van der Waals surface area (Å²) in [6.07, 6.45) is -4.39. The molecule has 0 unspecified atom stereocenters. The lowest BCUT2D eigenvalue weighted by atomic mass is 10.1. The zero-order valence-corrected chi connectivity index (χ0v) is 24.2. The molecule has 2 aliphatic rings. The van der Waals surface area contributed by atoms with Gasteiger partial charge in [0.15, 0.2) is 0 Å². The van der Waals surface area contributed by atoms with Gasteiger partial charge in [0.2, 0.25) is 0 Å². The lowest BCUT2D eigenvalue weighted by molar-refractivity contribution is -0.137. The first-order chi connectivity index (χ1) is 18.5. The SMILES string of the molecule is CCOC(=O)c1c(Br)nn2c1N(Cc1cccc(C(F)(F)F)c1)CC2.CCOC(=O)c1c(Br)nn2c1NCC2. The van der Waals surface area contributed by atoms with Gasteiger partial charge in [-0.3, -0.25) is 0 Å². The Hall–Kier alpha value is -3.07. The number of nitrogens with one attached hydrogen (secondary N) is 1. The number of esters is 2. The van der Waals surface area contributed by atoms with E-state index in [1.807, 2.05) is 4.90 Å². The van der Waals surface area contributed by atoms with Gasteiger partial charge in [0, 0.05) is 19.6 Å². The van der Waals surface area contributed by atoms with Crippen molar-refractivity contribution in [2.45, 2.75) is 39.7 Å². The highest BCUT2D eigenvalue weighted by molar-refractivity contribution is 9.10. The van der Waals surface area contributed by atoms with Crippen molar-refractivity contribution in [3.8, 4) is 0 Å². The first-order valence-electron chi connectivity index (χ1n) is 12.1. The number of carbonyl (C=O) groups excluding carboxylic acids is 2. The summed E-state index contributed by atoms with van der Waals surface area (Å²) in [7, 11) is 0. The van der Waals surface area contributed by atoms with Crippen LogP contribution in [0, 0.1) is 0 Å². The van der Waals surface area contributed by atoms with Gasteiger partial charge in [-0.05, 0) is 63.4 Å². The summed E-state index contributed by atoms with van der Waals surface area (Å²) >= 11 is 6.50. The van der Waals surface area contributed by atoms with Crippen LogP contribution in [-0.4, -0.2) is 57.8 Å². The van der Waals surface area contributed by atoms with Crippen LogP contribution in [-0.2, 0) is 35.3 Å². The molecule has 210 valence electrons. The Morgan fingerprint density at radius 1 is 0.974 bits per heavy atom. The Bertz CT molecular complexity index is 1370. The third kappa shape index (κ3) is 6.24. The minimum Gasteiger partial charge on any atom is -0.462 e. The standard InChI is InChI=1S/C16H15BrF3N3O2.C8H10BrN3O2/c1-2-25-15(24)12-13(17)21-23-7-6-22(14(12)23)9-10-4-3-5-11(8-10)16(18,19)20;1-2-14-8(13)5-6(9)11-12-4-3-10-7(5)12/h3-5,8H,2,6-7,9H2,1H3;10H,2-4H2,1H3. The van der Waals surface area contributed by atoms with E-state index in [2.05, 4.69) is 47.4 Å². The van der Waals surface area contributed by atoms with Gasteiger partial charge in [-0.1, -0.05) is 12.1 Å². The van der Waals surface area contributed by atoms with Crippen molar-refractivity contribution >= 4 is 55.4 Å². The third-order valence-electron chi connectivity index (χ3n) is 5.88. The van der Waals surface area contributed by atoms with E-state index in [1.165, 1.54) is 6.07 Å². The summed E-state index contributed by atoms with van der Waals surface area (Å²) in [6, 6.07) is 5.18. The highest BCUT2D eigenvalue weighted by Gasteiger charge is 2.33. The Balaban J connectivity index is 0.000000212. The van der Waals surface area contributed by atoms with Gasteiger partial charge in [-0.25, -0.2) is 19.0 Å². The molecule has 2 aromatic heterocycles. The molecule has 0 radical (unpaired) electrons. The molecule has 0 atom stereocenters. The molecule has 4 heterocycles. The van der Waals surface area contributed by atoms with Crippen molar-refractivity contribution in [1.82, 2.24) is 19.6 Å². The quantitative estimate of drug-likeness (QED) is 0.359. The molecule has 2 aliphatic heterocycles.